The number of amides is 2. The molecule has 1 N–H and O–H groups in total. The third kappa shape index (κ3) is 3.60. The number of aromatic nitrogens is 1. The maximum atomic E-state index is 12.9. The Morgan fingerprint density at radius 2 is 2.07 bits per heavy atom. The molecule has 27 heavy (non-hydrogen) atoms. The molecular formula is C20H21N3O3S. The zero-order chi connectivity index (χ0) is 18.8. The van der Waals surface area contributed by atoms with Crippen LogP contribution >= 0.6 is 11.3 Å². The van der Waals surface area contributed by atoms with E-state index in [4.69, 9.17) is 0 Å². The van der Waals surface area contributed by atoms with Gasteiger partial charge < -0.3 is 14.8 Å². The van der Waals surface area contributed by atoms with Crippen molar-refractivity contribution < 1.29 is 9.59 Å². The molecule has 4 heterocycles. The Labute approximate surface area is 161 Å². The Morgan fingerprint density at radius 1 is 1.19 bits per heavy atom. The highest BCUT2D eigenvalue weighted by Gasteiger charge is 2.29. The highest BCUT2D eigenvalue weighted by atomic mass is 32.1. The van der Waals surface area contributed by atoms with Crippen molar-refractivity contribution in [2.24, 2.45) is 0 Å². The molecule has 140 valence electrons. The van der Waals surface area contributed by atoms with Crippen molar-refractivity contribution in [3.05, 3.63) is 67.8 Å². The number of hydrogen-bond donors (Lipinski definition) is 1. The third-order valence-electron chi connectivity index (χ3n) is 5.10. The molecule has 0 unspecified atom stereocenters. The van der Waals surface area contributed by atoms with Gasteiger partial charge in [0.2, 0.25) is 5.91 Å². The number of aromatic amines is 1. The molecule has 2 aromatic rings. The zero-order valence-corrected chi connectivity index (χ0v) is 15.8. The second-order valence-electron chi connectivity index (χ2n) is 6.83. The van der Waals surface area contributed by atoms with E-state index in [-0.39, 0.29) is 22.9 Å². The summed E-state index contributed by atoms with van der Waals surface area (Å²) in [4.78, 5) is 45.2. The van der Waals surface area contributed by atoms with E-state index < -0.39 is 0 Å². The molecule has 2 amide bonds. The minimum atomic E-state index is -0.341. The fourth-order valence-electron chi connectivity index (χ4n) is 3.66. The molecule has 0 spiro atoms. The van der Waals surface area contributed by atoms with Crippen LogP contribution in [0.5, 0.6) is 0 Å². The van der Waals surface area contributed by atoms with Gasteiger partial charge in [0.1, 0.15) is 5.56 Å². The fourth-order valence-corrected chi connectivity index (χ4v) is 4.36. The van der Waals surface area contributed by atoms with Crippen LogP contribution in [0.25, 0.3) is 0 Å². The van der Waals surface area contributed by atoms with Gasteiger partial charge in [0.25, 0.3) is 11.5 Å². The van der Waals surface area contributed by atoms with Crippen LogP contribution in [0.2, 0.25) is 0 Å². The van der Waals surface area contributed by atoms with Crippen molar-refractivity contribution in [3.8, 4) is 0 Å². The average molecular weight is 383 g/mol. The summed E-state index contributed by atoms with van der Waals surface area (Å²) in [6, 6.07) is 3.90. The standard InChI is InChI=1S/C20H21N3O3S/c24-17(11-15-5-4-10-27-15)23-9-6-16-14(13-23)12-21-19(25)18(16)20(26)22-7-2-1-3-8-22/h1-2,4-5,10,12H,3,6-9,11,13H2,(H,21,25). The van der Waals surface area contributed by atoms with Crippen molar-refractivity contribution in [1.29, 1.82) is 0 Å². The lowest BCUT2D eigenvalue weighted by molar-refractivity contribution is -0.131. The number of nitrogens with zero attached hydrogens (tertiary/aromatic N) is 2. The zero-order valence-electron chi connectivity index (χ0n) is 14.9. The Balaban J connectivity index is 1.56. The van der Waals surface area contributed by atoms with Crippen LogP contribution in [-0.4, -0.2) is 46.2 Å². The minimum absolute atomic E-state index is 0.0725. The van der Waals surface area contributed by atoms with Crippen LogP contribution in [-0.2, 0) is 24.2 Å². The molecule has 0 aromatic carbocycles. The number of rotatable bonds is 3. The molecule has 0 atom stereocenters. The van der Waals surface area contributed by atoms with E-state index in [1.165, 1.54) is 0 Å². The molecule has 0 aliphatic carbocycles. The topological polar surface area (TPSA) is 73.5 Å². The van der Waals surface area contributed by atoms with Gasteiger partial charge in [-0.25, -0.2) is 0 Å². The van der Waals surface area contributed by atoms with Gasteiger partial charge in [-0.15, -0.1) is 11.3 Å². The fraction of sp³-hybridized carbons (Fsp3) is 0.350. The predicted octanol–water partition coefficient (Wildman–Crippen LogP) is 1.97. The molecule has 0 saturated heterocycles. The molecule has 2 aromatic heterocycles. The molecular weight excluding hydrogens is 362 g/mol. The SMILES string of the molecule is O=C(Cc1cccs1)N1CCc2c(c[nH]c(=O)c2C(=O)N2CC=CCC2)C1. The Morgan fingerprint density at radius 3 is 2.81 bits per heavy atom. The molecule has 2 aliphatic rings. The molecule has 7 heteroatoms. The van der Waals surface area contributed by atoms with Gasteiger partial charge in [0, 0.05) is 37.3 Å². The summed E-state index contributed by atoms with van der Waals surface area (Å²) in [6.45, 7) is 2.12. The van der Waals surface area contributed by atoms with Crippen LogP contribution in [0.3, 0.4) is 0 Å². The van der Waals surface area contributed by atoms with Crippen molar-refractivity contribution in [1.82, 2.24) is 14.8 Å². The number of hydrogen-bond acceptors (Lipinski definition) is 4. The second-order valence-corrected chi connectivity index (χ2v) is 7.86. The van der Waals surface area contributed by atoms with Crippen LogP contribution in [0, 0.1) is 0 Å². The summed E-state index contributed by atoms with van der Waals surface area (Å²) in [5.41, 5.74) is 1.55. The summed E-state index contributed by atoms with van der Waals surface area (Å²) in [6.07, 6.45) is 7.38. The van der Waals surface area contributed by atoms with Gasteiger partial charge in [0.05, 0.1) is 6.42 Å². The lowest BCUT2D eigenvalue weighted by atomic mass is 9.95. The van der Waals surface area contributed by atoms with Crippen LogP contribution < -0.4 is 5.56 Å². The first kappa shape index (κ1) is 17.7. The molecule has 0 bridgehead atoms. The van der Waals surface area contributed by atoms with E-state index in [1.54, 1.807) is 27.3 Å². The van der Waals surface area contributed by atoms with Gasteiger partial charge in [-0.05, 0) is 35.4 Å². The van der Waals surface area contributed by atoms with Crippen molar-refractivity contribution in [3.63, 3.8) is 0 Å². The van der Waals surface area contributed by atoms with Crippen molar-refractivity contribution in [2.75, 3.05) is 19.6 Å². The number of thiophene rings is 1. The Kier molecular flexibility index (Phi) is 4.94. The summed E-state index contributed by atoms with van der Waals surface area (Å²) in [5.74, 6) is -0.140. The lowest BCUT2D eigenvalue weighted by Crippen LogP contribution is -2.42. The first-order chi connectivity index (χ1) is 13.1. The van der Waals surface area contributed by atoms with E-state index in [2.05, 4.69) is 4.98 Å². The molecule has 0 fully saturated rings. The van der Waals surface area contributed by atoms with E-state index in [0.717, 1.165) is 22.4 Å². The van der Waals surface area contributed by atoms with Crippen molar-refractivity contribution >= 4 is 23.2 Å². The predicted molar refractivity (Wildman–Crippen MR) is 104 cm³/mol. The summed E-state index contributed by atoms with van der Waals surface area (Å²) in [5, 5.41) is 1.96. The molecule has 0 saturated carbocycles. The largest absolute Gasteiger partial charge is 0.338 e. The third-order valence-corrected chi connectivity index (χ3v) is 5.98. The highest BCUT2D eigenvalue weighted by molar-refractivity contribution is 7.10. The summed E-state index contributed by atoms with van der Waals surface area (Å²) >= 11 is 1.57. The van der Waals surface area contributed by atoms with Gasteiger partial charge in [0.15, 0.2) is 0 Å². The smallest absolute Gasteiger partial charge is 0.261 e. The van der Waals surface area contributed by atoms with Gasteiger partial charge in [-0.2, -0.15) is 0 Å². The molecule has 0 radical (unpaired) electrons. The lowest BCUT2D eigenvalue weighted by Gasteiger charge is -2.31. The first-order valence-electron chi connectivity index (χ1n) is 9.11. The monoisotopic (exact) mass is 383 g/mol. The maximum absolute atomic E-state index is 12.9. The van der Waals surface area contributed by atoms with Crippen LogP contribution in [0.4, 0.5) is 0 Å². The van der Waals surface area contributed by atoms with Gasteiger partial charge in [-0.3, -0.25) is 14.4 Å². The maximum Gasteiger partial charge on any atom is 0.261 e. The molecule has 6 nitrogen and oxygen atoms in total. The normalized spacial score (nSPS) is 16.3. The number of carbonyl (C=O) groups excluding carboxylic acids is 2. The Bertz CT molecular complexity index is 946. The number of fused-ring (bicyclic) bond motifs is 1. The minimum Gasteiger partial charge on any atom is -0.338 e. The molecule has 2 aliphatic heterocycles. The summed E-state index contributed by atoms with van der Waals surface area (Å²) < 4.78 is 0. The van der Waals surface area contributed by atoms with E-state index in [9.17, 15) is 14.4 Å². The van der Waals surface area contributed by atoms with E-state index >= 15 is 0 Å². The van der Waals surface area contributed by atoms with Crippen molar-refractivity contribution in [2.45, 2.75) is 25.8 Å². The average Bonchev–Trinajstić information content (AvgIpc) is 3.21. The first-order valence-corrected chi connectivity index (χ1v) is 9.99. The number of pyridine rings is 1. The molecule has 4 rings (SSSR count). The van der Waals surface area contributed by atoms with Gasteiger partial charge in [-0.1, -0.05) is 18.2 Å². The number of carbonyl (C=O) groups is 2. The second kappa shape index (κ2) is 7.52. The van der Waals surface area contributed by atoms with E-state index in [1.807, 2.05) is 29.7 Å². The summed E-state index contributed by atoms with van der Waals surface area (Å²) in [7, 11) is 0. The van der Waals surface area contributed by atoms with Crippen LogP contribution in [0.15, 0.2) is 40.7 Å². The van der Waals surface area contributed by atoms with Crippen LogP contribution in [0.1, 0.15) is 32.8 Å². The number of nitrogens with one attached hydrogen (secondary N) is 1. The van der Waals surface area contributed by atoms with E-state index in [0.29, 0.717) is 39.0 Å². The quantitative estimate of drug-likeness (QED) is 0.824. The Hall–Kier alpha value is -2.67. The number of H-pyrrole nitrogens is 1. The van der Waals surface area contributed by atoms with Gasteiger partial charge >= 0.3 is 0 Å². The highest BCUT2D eigenvalue weighted by Crippen LogP contribution is 2.22.